The number of aromatic nitrogens is 1. The second-order valence-corrected chi connectivity index (χ2v) is 10.9. The Morgan fingerprint density at radius 2 is 1.58 bits per heavy atom. The van der Waals surface area contributed by atoms with Gasteiger partial charge in [0.15, 0.2) is 10.8 Å². The lowest BCUT2D eigenvalue weighted by Crippen LogP contribution is -2.35. The summed E-state index contributed by atoms with van der Waals surface area (Å²) < 4.78 is 9.56. The molecule has 0 saturated carbocycles. The molecule has 1 heterocycles. The van der Waals surface area contributed by atoms with E-state index in [1.165, 1.54) is 4.90 Å². The van der Waals surface area contributed by atoms with Gasteiger partial charge in [-0.3, -0.25) is 0 Å². The Hall–Kier alpha value is -3.02. The molecule has 0 radical (unpaired) electrons. The topological polar surface area (TPSA) is 25.1 Å². The van der Waals surface area contributed by atoms with Gasteiger partial charge in [-0.25, -0.2) is 0 Å². The first-order chi connectivity index (χ1) is 16.0. The molecule has 0 aliphatic carbocycles. The van der Waals surface area contributed by atoms with Crippen LogP contribution in [0.5, 0.6) is 5.75 Å². The molecule has 0 aliphatic heterocycles. The first kappa shape index (κ1) is 23.1. The molecular weight excluding hydrogens is 444 g/mol. The van der Waals surface area contributed by atoms with Crippen molar-refractivity contribution in [1.29, 1.82) is 0 Å². The zero-order valence-corrected chi connectivity index (χ0v) is 20.9. The molecule has 168 valence electrons. The van der Waals surface area contributed by atoms with Crippen molar-refractivity contribution in [2.45, 2.75) is 35.5 Å². The third kappa shape index (κ3) is 5.67. The van der Waals surface area contributed by atoms with Crippen LogP contribution in [0.4, 0.5) is 5.00 Å². The molecule has 0 atom stereocenters. The van der Waals surface area contributed by atoms with Crippen LogP contribution in [0.3, 0.4) is 0 Å². The van der Waals surface area contributed by atoms with Crippen LogP contribution in [0.25, 0.3) is 16.9 Å². The number of nitrogens with one attached hydrogen (secondary N) is 1. The molecule has 0 spiro atoms. The molecule has 4 rings (SSSR count). The van der Waals surface area contributed by atoms with Gasteiger partial charge in [-0.15, -0.1) is 4.57 Å². The van der Waals surface area contributed by atoms with Crippen molar-refractivity contribution in [2.75, 3.05) is 11.9 Å². The molecule has 1 aromatic heterocycles. The zero-order valence-electron chi connectivity index (χ0n) is 19.2. The predicted octanol–water partition coefficient (Wildman–Crippen LogP) is 7.62. The van der Waals surface area contributed by atoms with Crippen LogP contribution in [0.1, 0.15) is 20.8 Å². The van der Waals surface area contributed by atoms with Crippen molar-refractivity contribution in [1.82, 2.24) is 0 Å². The molecule has 0 unspecified atom stereocenters. The summed E-state index contributed by atoms with van der Waals surface area (Å²) >= 11 is 3.53. The summed E-state index contributed by atoms with van der Waals surface area (Å²) in [6, 6.07) is 29.3. The number of benzene rings is 3. The van der Waals surface area contributed by atoms with E-state index in [9.17, 15) is 0 Å². The molecule has 0 fully saturated rings. The molecule has 3 nitrogen and oxygen atoms in total. The predicted molar refractivity (Wildman–Crippen MR) is 141 cm³/mol. The van der Waals surface area contributed by atoms with Gasteiger partial charge in [0.25, 0.3) is 11.4 Å². The third-order valence-corrected chi connectivity index (χ3v) is 6.98. The molecule has 5 heteroatoms. The fourth-order valence-electron chi connectivity index (χ4n) is 3.44. The number of rotatable bonds is 8. The van der Waals surface area contributed by atoms with Gasteiger partial charge in [-0.1, -0.05) is 61.2 Å². The van der Waals surface area contributed by atoms with E-state index in [1.807, 2.05) is 18.2 Å². The van der Waals surface area contributed by atoms with E-state index in [4.69, 9.17) is 4.74 Å². The SMILES string of the molecule is C=CCOc1ccccc1-[n+]1c(Sc2ccccc2)sc(NC(C)(C)C)c1-c1ccccc1. The van der Waals surface area contributed by atoms with E-state index >= 15 is 0 Å². The van der Waals surface area contributed by atoms with Gasteiger partial charge in [0.05, 0.1) is 0 Å². The summed E-state index contributed by atoms with van der Waals surface area (Å²) in [5, 5.41) is 4.88. The molecular formula is C28H29N2OS2+. The number of para-hydroxylation sites is 2. The maximum Gasteiger partial charge on any atom is 0.310 e. The van der Waals surface area contributed by atoms with Crippen LogP contribution in [-0.2, 0) is 0 Å². The van der Waals surface area contributed by atoms with Gasteiger partial charge < -0.3 is 10.1 Å². The Kier molecular flexibility index (Phi) is 7.21. The highest BCUT2D eigenvalue weighted by Gasteiger charge is 2.34. The molecule has 33 heavy (non-hydrogen) atoms. The van der Waals surface area contributed by atoms with Crippen LogP contribution in [0, 0.1) is 0 Å². The van der Waals surface area contributed by atoms with Crippen LogP contribution in [-0.4, -0.2) is 12.1 Å². The van der Waals surface area contributed by atoms with Crippen molar-refractivity contribution in [3.63, 3.8) is 0 Å². The van der Waals surface area contributed by atoms with E-state index in [2.05, 4.69) is 104 Å². The summed E-state index contributed by atoms with van der Waals surface area (Å²) in [7, 11) is 0. The zero-order chi connectivity index (χ0) is 23.3. The van der Waals surface area contributed by atoms with Crippen molar-refractivity contribution < 1.29 is 9.30 Å². The molecule has 4 aromatic rings. The maximum atomic E-state index is 6.08. The summed E-state index contributed by atoms with van der Waals surface area (Å²) in [5.41, 5.74) is 3.21. The first-order valence-electron chi connectivity index (χ1n) is 10.9. The molecule has 0 bridgehead atoms. The molecule has 0 amide bonds. The first-order valence-corrected chi connectivity index (χ1v) is 12.6. The van der Waals surface area contributed by atoms with E-state index in [1.54, 1.807) is 29.2 Å². The Bertz CT molecular complexity index is 1210. The number of ether oxygens (including phenoxy) is 1. The van der Waals surface area contributed by atoms with Crippen molar-refractivity contribution in [3.05, 3.63) is 97.6 Å². The van der Waals surface area contributed by atoms with Gasteiger partial charge in [0, 0.05) is 22.1 Å². The number of anilines is 1. The summed E-state index contributed by atoms with van der Waals surface area (Å²) in [5.74, 6) is 0.828. The summed E-state index contributed by atoms with van der Waals surface area (Å²) in [6.07, 6.45) is 1.78. The van der Waals surface area contributed by atoms with Gasteiger partial charge in [-0.05, 0) is 74.2 Å². The lowest BCUT2D eigenvalue weighted by Gasteiger charge is -2.20. The number of thiazole rings is 1. The minimum Gasteiger partial charge on any atom is -0.483 e. The summed E-state index contributed by atoms with van der Waals surface area (Å²) in [6.45, 7) is 10.8. The highest BCUT2D eigenvalue weighted by molar-refractivity contribution is 8.01. The summed E-state index contributed by atoms with van der Waals surface area (Å²) in [4.78, 5) is 1.19. The van der Waals surface area contributed by atoms with Crippen molar-refractivity contribution >= 4 is 28.1 Å². The average Bonchev–Trinajstić information content (AvgIpc) is 3.14. The third-order valence-electron chi connectivity index (χ3n) is 4.76. The van der Waals surface area contributed by atoms with E-state index in [0.29, 0.717) is 6.61 Å². The van der Waals surface area contributed by atoms with Crippen molar-refractivity contribution in [3.8, 4) is 22.7 Å². The fraction of sp³-hybridized carbons (Fsp3) is 0.179. The maximum absolute atomic E-state index is 6.08. The van der Waals surface area contributed by atoms with E-state index < -0.39 is 0 Å². The second kappa shape index (κ2) is 10.3. The molecule has 3 aromatic carbocycles. The van der Waals surface area contributed by atoms with Gasteiger partial charge in [0.2, 0.25) is 0 Å². The van der Waals surface area contributed by atoms with Crippen LogP contribution < -0.4 is 14.6 Å². The van der Waals surface area contributed by atoms with Crippen LogP contribution in [0.15, 0.2) is 107 Å². The van der Waals surface area contributed by atoms with Crippen LogP contribution >= 0.6 is 23.1 Å². The smallest absolute Gasteiger partial charge is 0.310 e. The van der Waals surface area contributed by atoms with E-state index in [-0.39, 0.29) is 5.54 Å². The normalized spacial score (nSPS) is 11.2. The molecule has 0 aliphatic rings. The minimum atomic E-state index is -0.0836. The van der Waals surface area contributed by atoms with Gasteiger partial charge in [0.1, 0.15) is 6.61 Å². The number of nitrogens with zero attached hydrogens (tertiary/aromatic N) is 1. The lowest BCUT2D eigenvalue weighted by atomic mass is 10.1. The Morgan fingerprint density at radius 3 is 2.24 bits per heavy atom. The fourth-order valence-corrected chi connectivity index (χ4v) is 6.04. The Balaban J connectivity index is 1.98. The number of hydrogen-bond donors (Lipinski definition) is 1. The van der Waals surface area contributed by atoms with Gasteiger partial charge >= 0.3 is 4.34 Å². The highest BCUT2D eigenvalue weighted by atomic mass is 32.2. The second-order valence-electron chi connectivity index (χ2n) is 8.60. The minimum absolute atomic E-state index is 0.0836. The lowest BCUT2D eigenvalue weighted by molar-refractivity contribution is -0.617. The highest BCUT2D eigenvalue weighted by Crippen LogP contribution is 2.42. The van der Waals surface area contributed by atoms with Crippen LogP contribution in [0.2, 0.25) is 0 Å². The quantitative estimate of drug-likeness (QED) is 0.210. The molecule has 1 N–H and O–H groups in total. The molecule has 0 saturated heterocycles. The Labute approximate surface area is 204 Å². The average molecular weight is 474 g/mol. The standard InChI is InChI=1S/C28H29N2OS2/c1-5-20-31-24-19-13-12-18-23(24)30-25(21-14-8-6-9-15-21)26(29-28(2,3)4)33-27(30)32-22-16-10-7-11-17-22/h5-19,29H,1,20H2,2-4H3/q+1. The van der Waals surface area contributed by atoms with Crippen molar-refractivity contribution in [2.24, 2.45) is 0 Å². The van der Waals surface area contributed by atoms with Gasteiger partial charge in [-0.2, -0.15) is 0 Å². The largest absolute Gasteiger partial charge is 0.483 e. The number of hydrogen-bond acceptors (Lipinski definition) is 4. The monoisotopic (exact) mass is 473 g/mol. The Morgan fingerprint density at radius 1 is 0.939 bits per heavy atom. The van der Waals surface area contributed by atoms with E-state index in [0.717, 1.165) is 32.0 Å².